The lowest BCUT2D eigenvalue weighted by atomic mass is 10.1. The van der Waals surface area contributed by atoms with Crippen LogP contribution in [0.5, 0.6) is 5.75 Å². The molecule has 2 amide bonds. The Hall–Kier alpha value is 1.17. The maximum absolute atomic E-state index is 12.8. The fraction of sp³-hybridized carbons (Fsp3) is 0.118. The summed E-state index contributed by atoms with van der Waals surface area (Å²) in [4.78, 5) is 38.9. The van der Waals surface area contributed by atoms with Gasteiger partial charge in [0, 0.05) is 22.4 Å². The monoisotopic (exact) mass is 1010 g/mol. The zero-order valence-corrected chi connectivity index (χ0v) is 29.1. The third kappa shape index (κ3) is 5.02. The number of imide groups is 1. The second-order valence-corrected chi connectivity index (χ2v) is 13.0. The summed E-state index contributed by atoms with van der Waals surface area (Å²) in [6.07, 6.45) is -1.00. The summed E-state index contributed by atoms with van der Waals surface area (Å²) >= 11 is 30.3. The number of carbonyl (C=O) groups is 3. The second-order valence-electron chi connectivity index (χ2n) is 5.87. The summed E-state index contributed by atoms with van der Waals surface area (Å²) in [6.45, 7) is -0.401. The molecule has 0 spiro atoms. The van der Waals surface area contributed by atoms with Crippen LogP contribution >= 0.6 is 143 Å². The molecule has 2 aromatic rings. The Morgan fingerprint density at radius 1 is 0.625 bits per heavy atom. The number of rotatable bonds is 4. The van der Waals surface area contributed by atoms with Gasteiger partial charge in [0.15, 0.2) is 5.75 Å². The fourth-order valence-corrected chi connectivity index (χ4v) is 8.24. The lowest BCUT2D eigenvalue weighted by molar-refractivity contribution is 0.0562. The molecule has 0 fully saturated rings. The van der Waals surface area contributed by atoms with Crippen molar-refractivity contribution < 1.29 is 23.9 Å². The highest BCUT2D eigenvalue weighted by atomic mass is 79.9. The van der Waals surface area contributed by atoms with Gasteiger partial charge in [-0.05, 0) is 143 Å². The molecule has 1 aliphatic rings. The molecule has 6 nitrogen and oxygen atoms in total. The Bertz CT molecular complexity index is 1120. The Balaban J connectivity index is 1.71. The van der Waals surface area contributed by atoms with Gasteiger partial charge in [-0.3, -0.25) is 14.5 Å². The second kappa shape index (κ2) is 11.1. The highest BCUT2D eigenvalue weighted by Crippen LogP contribution is 2.49. The van der Waals surface area contributed by atoms with Crippen molar-refractivity contribution in [1.82, 2.24) is 4.90 Å². The molecule has 32 heavy (non-hydrogen) atoms. The standard InChI is InChI=1S/C17H4Br9NO5/c18-5-3-4(6(19)8(21)7(5)20)16(29)27(15(3)28)1-2-31-17(30)32-14-12(25)10(23)9(22)11(24)13(14)26/h1-2H2. The fourth-order valence-electron chi connectivity index (χ4n) is 2.61. The number of amides is 2. The molecule has 2 aromatic carbocycles. The molecule has 0 bridgehead atoms. The molecule has 3 rings (SSSR count). The van der Waals surface area contributed by atoms with Gasteiger partial charge in [0.05, 0.1) is 35.6 Å². The summed E-state index contributed by atoms with van der Waals surface area (Å²) in [5.41, 5.74) is 0.439. The SMILES string of the molecule is O=C(OCCN1C(=O)c2c(Br)c(Br)c(Br)c(Br)c2C1=O)Oc1c(Br)c(Br)c(Br)c(Br)c1Br. The minimum absolute atomic E-state index is 0.147. The van der Waals surface area contributed by atoms with Crippen LogP contribution in [0.3, 0.4) is 0 Å². The largest absolute Gasteiger partial charge is 0.513 e. The van der Waals surface area contributed by atoms with E-state index in [2.05, 4.69) is 143 Å². The number of benzene rings is 2. The van der Waals surface area contributed by atoms with Crippen molar-refractivity contribution >= 4 is 161 Å². The highest BCUT2D eigenvalue weighted by Gasteiger charge is 2.40. The molecule has 0 radical (unpaired) electrons. The van der Waals surface area contributed by atoms with Gasteiger partial charge in [-0.15, -0.1) is 0 Å². The van der Waals surface area contributed by atoms with Gasteiger partial charge in [-0.1, -0.05) is 0 Å². The molecule has 0 aromatic heterocycles. The topological polar surface area (TPSA) is 72.9 Å². The highest BCUT2D eigenvalue weighted by molar-refractivity contribution is 9.16. The lowest BCUT2D eigenvalue weighted by Gasteiger charge is -2.15. The number of hydrogen-bond donors (Lipinski definition) is 0. The Kier molecular flexibility index (Phi) is 9.59. The van der Waals surface area contributed by atoms with Crippen molar-refractivity contribution in [3.05, 3.63) is 51.4 Å². The smallest absolute Gasteiger partial charge is 0.432 e. The number of carbonyl (C=O) groups excluding carboxylic acids is 3. The first-order valence-corrected chi connectivity index (χ1v) is 15.1. The molecular formula is C17H4Br9NO5. The first-order valence-electron chi connectivity index (χ1n) is 7.98. The Labute approximate surface area is 257 Å². The Morgan fingerprint density at radius 2 is 1.00 bits per heavy atom. The first-order chi connectivity index (χ1) is 14.9. The number of nitrogens with zero attached hydrogens (tertiary/aromatic N) is 1. The summed E-state index contributed by atoms with van der Waals surface area (Å²) in [6, 6.07) is 0. The van der Waals surface area contributed by atoms with Gasteiger partial charge in [0.25, 0.3) is 11.8 Å². The molecule has 0 unspecified atom stereocenters. The molecule has 15 heteroatoms. The maximum atomic E-state index is 12.8. The van der Waals surface area contributed by atoms with Gasteiger partial charge in [-0.25, -0.2) is 4.79 Å². The molecule has 1 aliphatic heterocycles. The molecule has 0 saturated heterocycles. The van der Waals surface area contributed by atoms with Crippen LogP contribution in [-0.4, -0.2) is 36.0 Å². The van der Waals surface area contributed by atoms with Crippen LogP contribution in [0.15, 0.2) is 40.3 Å². The van der Waals surface area contributed by atoms with E-state index in [0.29, 0.717) is 40.3 Å². The van der Waals surface area contributed by atoms with Crippen molar-refractivity contribution in [2.24, 2.45) is 0 Å². The minimum Gasteiger partial charge on any atom is -0.432 e. The summed E-state index contributed by atoms with van der Waals surface area (Å²) in [5, 5.41) is 0. The van der Waals surface area contributed by atoms with Crippen LogP contribution in [-0.2, 0) is 4.74 Å². The van der Waals surface area contributed by atoms with Gasteiger partial charge in [0.1, 0.15) is 6.61 Å². The van der Waals surface area contributed by atoms with Crippen LogP contribution in [0.1, 0.15) is 20.7 Å². The van der Waals surface area contributed by atoms with Gasteiger partial charge in [-0.2, -0.15) is 0 Å². The molecule has 1 heterocycles. The molecule has 0 N–H and O–H groups in total. The van der Waals surface area contributed by atoms with Gasteiger partial charge in [0.2, 0.25) is 0 Å². The van der Waals surface area contributed by atoms with Crippen molar-refractivity contribution in [1.29, 1.82) is 0 Å². The number of ether oxygens (including phenoxy) is 2. The van der Waals surface area contributed by atoms with Gasteiger partial charge >= 0.3 is 6.16 Å². The zero-order chi connectivity index (χ0) is 24.1. The first kappa shape index (κ1) is 27.8. The summed E-state index contributed by atoms with van der Waals surface area (Å²) in [5.74, 6) is -0.830. The average Bonchev–Trinajstić information content (AvgIpc) is 3.01. The van der Waals surface area contributed by atoms with E-state index < -0.39 is 18.0 Å². The van der Waals surface area contributed by atoms with E-state index in [4.69, 9.17) is 9.47 Å². The number of halogens is 9. The average molecular weight is 1020 g/mol. The van der Waals surface area contributed by atoms with E-state index in [0.717, 1.165) is 4.90 Å². The molecular weight excluding hydrogens is 1020 g/mol. The minimum atomic E-state index is -1.00. The molecule has 170 valence electrons. The van der Waals surface area contributed by atoms with Crippen LogP contribution in [0, 0.1) is 0 Å². The van der Waals surface area contributed by atoms with Crippen LogP contribution in [0.25, 0.3) is 0 Å². The lowest BCUT2D eigenvalue weighted by Crippen LogP contribution is -2.33. The number of fused-ring (bicyclic) bond motifs is 1. The maximum Gasteiger partial charge on any atom is 0.513 e. The molecule has 0 atom stereocenters. The van der Waals surface area contributed by atoms with E-state index in [1.165, 1.54) is 0 Å². The van der Waals surface area contributed by atoms with Crippen LogP contribution in [0.2, 0.25) is 0 Å². The molecule has 0 saturated carbocycles. The van der Waals surface area contributed by atoms with E-state index in [1.807, 2.05) is 0 Å². The van der Waals surface area contributed by atoms with Crippen LogP contribution in [0.4, 0.5) is 4.79 Å². The normalized spacial score (nSPS) is 13.0. The van der Waals surface area contributed by atoms with Crippen molar-refractivity contribution in [2.75, 3.05) is 13.2 Å². The van der Waals surface area contributed by atoms with Crippen molar-refractivity contribution in [3.63, 3.8) is 0 Å². The van der Waals surface area contributed by atoms with Crippen molar-refractivity contribution in [3.8, 4) is 5.75 Å². The third-order valence-corrected chi connectivity index (χ3v) is 14.9. The zero-order valence-electron chi connectivity index (χ0n) is 14.8. The van der Waals surface area contributed by atoms with E-state index in [9.17, 15) is 14.4 Å². The van der Waals surface area contributed by atoms with E-state index >= 15 is 0 Å². The quantitative estimate of drug-likeness (QED) is 0.100. The van der Waals surface area contributed by atoms with Crippen LogP contribution < -0.4 is 4.74 Å². The van der Waals surface area contributed by atoms with E-state index in [-0.39, 0.29) is 30.0 Å². The predicted molar refractivity (Wildman–Crippen MR) is 150 cm³/mol. The third-order valence-electron chi connectivity index (χ3n) is 4.07. The predicted octanol–water partition coefficient (Wildman–Crippen LogP) is 9.36. The molecule has 0 aliphatic carbocycles. The number of hydrogen-bond acceptors (Lipinski definition) is 5. The van der Waals surface area contributed by atoms with E-state index in [1.54, 1.807) is 0 Å². The Morgan fingerprint density at radius 3 is 1.44 bits per heavy atom. The van der Waals surface area contributed by atoms with Crippen molar-refractivity contribution in [2.45, 2.75) is 0 Å². The van der Waals surface area contributed by atoms with Gasteiger partial charge < -0.3 is 9.47 Å². The summed E-state index contributed by atoms with van der Waals surface area (Å²) in [7, 11) is 0. The summed E-state index contributed by atoms with van der Waals surface area (Å²) < 4.78 is 15.4.